The second-order valence-corrected chi connectivity index (χ2v) is 6.43. The molecule has 0 saturated carbocycles. The van der Waals surface area contributed by atoms with Gasteiger partial charge in [-0.3, -0.25) is 4.79 Å². The van der Waals surface area contributed by atoms with Crippen molar-refractivity contribution in [2.45, 2.75) is 32.4 Å². The summed E-state index contributed by atoms with van der Waals surface area (Å²) in [5, 5.41) is 5.73. The molecular formula is C15H24N4O5. The number of ether oxygens (including phenoxy) is 2. The van der Waals surface area contributed by atoms with Crippen LogP contribution in [0.2, 0.25) is 0 Å². The Morgan fingerprint density at radius 2 is 2.25 bits per heavy atom. The van der Waals surface area contributed by atoms with Crippen molar-refractivity contribution < 1.29 is 23.5 Å². The quantitative estimate of drug-likeness (QED) is 0.784. The van der Waals surface area contributed by atoms with E-state index in [9.17, 15) is 9.59 Å². The molecule has 1 unspecified atom stereocenters. The monoisotopic (exact) mass is 340 g/mol. The second-order valence-electron chi connectivity index (χ2n) is 6.43. The summed E-state index contributed by atoms with van der Waals surface area (Å²) in [6, 6.07) is -0.296. The summed E-state index contributed by atoms with van der Waals surface area (Å²) in [7, 11) is 1.48. The maximum atomic E-state index is 12.2. The minimum Gasteiger partial charge on any atom is -0.444 e. The normalized spacial score (nSPS) is 18.3. The summed E-state index contributed by atoms with van der Waals surface area (Å²) >= 11 is 0. The standard InChI is InChI=1S/C15H24N4O5/c1-15(2,3)24-14(21)19-6-5-16-10(8-19)13-17-7-11(23-13)12(20)18-9-22-4/h7,10,16H,5-6,8-9H2,1-4H3,(H,18,20). The van der Waals surface area contributed by atoms with Crippen molar-refractivity contribution in [2.24, 2.45) is 0 Å². The van der Waals surface area contributed by atoms with Crippen molar-refractivity contribution in [3.05, 3.63) is 17.8 Å². The van der Waals surface area contributed by atoms with E-state index >= 15 is 0 Å². The molecular weight excluding hydrogens is 316 g/mol. The number of carbonyl (C=O) groups is 2. The number of hydrogen-bond donors (Lipinski definition) is 2. The van der Waals surface area contributed by atoms with Gasteiger partial charge < -0.3 is 29.4 Å². The maximum Gasteiger partial charge on any atom is 0.410 e. The van der Waals surface area contributed by atoms with Crippen LogP contribution in [0.4, 0.5) is 4.79 Å². The SMILES string of the molecule is COCNC(=O)c1cnc(C2CN(C(=O)OC(C)(C)C)CCN2)o1. The van der Waals surface area contributed by atoms with E-state index in [1.54, 1.807) is 4.90 Å². The number of nitrogens with one attached hydrogen (secondary N) is 2. The predicted molar refractivity (Wildman–Crippen MR) is 84.4 cm³/mol. The van der Waals surface area contributed by atoms with Crippen LogP contribution >= 0.6 is 0 Å². The number of oxazole rings is 1. The third kappa shape index (κ3) is 4.93. The van der Waals surface area contributed by atoms with Crippen molar-refractivity contribution in [1.82, 2.24) is 20.5 Å². The van der Waals surface area contributed by atoms with E-state index in [1.165, 1.54) is 13.3 Å². The van der Waals surface area contributed by atoms with Crippen molar-refractivity contribution in [3.8, 4) is 0 Å². The second kappa shape index (κ2) is 7.63. The molecule has 134 valence electrons. The molecule has 2 amide bonds. The Hall–Kier alpha value is -2.13. The highest BCUT2D eigenvalue weighted by atomic mass is 16.6. The first-order valence-corrected chi connectivity index (χ1v) is 7.74. The van der Waals surface area contributed by atoms with Gasteiger partial charge in [0.2, 0.25) is 11.7 Å². The molecule has 1 aliphatic rings. The van der Waals surface area contributed by atoms with Gasteiger partial charge >= 0.3 is 6.09 Å². The van der Waals surface area contributed by atoms with Gasteiger partial charge in [-0.15, -0.1) is 0 Å². The van der Waals surface area contributed by atoms with E-state index in [2.05, 4.69) is 15.6 Å². The fraction of sp³-hybridized carbons (Fsp3) is 0.667. The van der Waals surface area contributed by atoms with E-state index in [4.69, 9.17) is 13.9 Å². The molecule has 2 heterocycles. The number of hydrogen-bond acceptors (Lipinski definition) is 7. The zero-order valence-electron chi connectivity index (χ0n) is 14.4. The van der Waals surface area contributed by atoms with Crippen LogP contribution in [-0.2, 0) is 9.47 Å². The summed E-state index contributed by atoms with van der Waals surface area (Å²) < 4.78 is 15.6. The molecule has 0 spiro atoms. The molecule has 1 aliphatic heterocycles. The van der Waals surface area contributed by atoms with Crippen molar-refractivity contribution in [3.63, 3.8) is 0 Å². The van der Waals surface area contributed by atoms with Gasteiger partial charge in [0.25, 0.3) is 5.91 Å². The molecule has 1 atom stereocenters. The minimum absolute atomic E-state index is 0.0863. The lowest BCUT2D eigenvalue weighted by Gasteiger charge is -2.33. The Labute approximate surface area is 140 Å². The third-order valence-corrected chi connectivity index (χ3v) is 3.25. The Balaban J connectivity index is 1.98. The van der Waals surface area contributed by atoms with Crippen LogP contribution in [0.15, 0.2) is 10.6 Å². The van der Waals surface area contributed by atoms with Gasteiger partial charge in [-0.2, -0.15) is 0 Å². The number of piperazine rings is 1. The average Bonchev–Trinajstić information content (AvgIpc) is 3.01. The molecule has 1 saturated heterocycles. The Morgan fingerprint density at radius 1 is 1.50 bits per heavy atom. The van der Waals surface area contributed by atoms with Gasteiger partial charge in [0.05, 0.1) is 6.20 Å². The molecule has 0 aliphatic carbocycles. The van der Waals surface area contributed by atoms with E-state index in [0.717, 1.165) is 0 Å². The van der Waals surface area contributed by atoms with Gasteiger partial charge in [-0.05, 0) is 20.8 Å². The number of aromatic nitrogens is 1. The highest BCUT2D eigenvalue weighted by Gasteiger charge is 2.30. The van der Waals surface area contributed by atoms with Crippen LogP contribution in [0, 0.1) is 0 Å². The molecule has 1 aromatic rings. The molecule has 1 aromatic heterocycles. The van der Waals surface area contributed by atoms with E-state index in [-0.39, 0.29) is 24.6 Å². The summed E-state index contributed by atoms with van der Waals surface area (Å²) in [6.45, 7) is 7.03. The van der Waals surface area contributed by atoms with Gasteiger partial charge in [-0.25, -0.2) is 9.78 Å². The molecule has 1 fully saturated rings. The first-order chi connectivity index (χ1) is 11.3. The zero-order valence-corrected chi connectivity index (χ0v) is 14.4. The minimum atomic E-state index is -0.549. The van der Waals surface area contributed by atoms with Crippen LogP contribution in [0.25, 0.3) is 0 Å². The zero-order chi connectivity index (χ0) is 17.7. The number of rotatable bonds is 4. The molecule has 2 rings (SSSR count). The topological polar surface area (TPSA) is 106 Å². The molecule has 24 heavy (non-hydrogen) atoms. The molecule has 9 nitrogen and oxygen atoms in total. The summed E-state index contributed by atoms with van der Waals surface area (Å²) in [5.41, 5.74) is -0.549. The Morgan fingerprint density at radius 3 is 2.92 bits per heavy atom. The van der Waals surface area contributed by atoms with Crippen molar-refractivity contribution in [2.75, 3.05) is 33.5 Å². The number of nitrogens with zero attached hydrogens (tertiary/aromatic N) is 2. The lowest BCUT2D eigenvalue weighted by molar-refractivity contribution is 0.0185. The van der Waals surface area contributed by atoms with E-state index < -0.39 is 11.5 Å². The van der Waals surface area contributed by atoms with Gasteiger partial charge in [0.1, 0.15) is 18.4 Å². The van der Waals surface area contributed by atoms with Crippen LogP contribution < -0.4 is 10.6 Å². The fourth-order valence-corrected chi connectivity index (χ4v) is 2.19. The van der Waals surface area contributed by atoms with E-state index in [1.807, 2.05) is 20.8 Å². The smallest absolute Gasteiger partial charge is 0.410 e. The first-order valence-electron chi connectivity index (χ1n) is 7.74. The summed E-state index contributed by atoms with van der Waals surface area (Å²) in [5.74, 6) is 0.0412. The molecule has 0 aromatic carbocycles. The number of methoxy groups -OCH3 is 1. The van der Waals surface area contributed by atoms with Crippen LogP contribution in [0.3, 0.4) is 0 Å². The van der Waals surface area contributed by atoms with Crippen LogP contribution in [0.5, 0.6) is 0 Å². The molecule has 0 bridgehead atoms. The lowest BCUT2D eigenvalue weighted by atomic mass is 10.2. The maximum absolute atomic E-state index is 12.2. The highest BCUT2D eigenvalue weighted by molar-refractivity contribution is 5.90. The van der Waals surface area contributed by atoms with Gasteiger partial charge in [-0.1, -0.05) is 0 Å². The van der Waals surface area contributed by atoms with E-state index in [0.29, 0.717) is 25.5 Å². The fourth-order valence-electron chi connectivity index (χ4n) is 2.19. The lowest BCUT2D eigenvalue weighted by Crippen LogP contribution is -2.49. The summed E-state index contributed by atoms with van der Waals surface area (Å²) in [4.78, 5) is 29.7. The van der Waals surface area contributed by atoms with Crippen molar-refractivity contribution >= 4 is 12.0 Å². The van der Waals surface area contributed by atoms with Crippen LogP contribution in [0.1, 0.15) is 43.3 Å². The van der Waals surface area contributed by atoms with Gasteiger partial charge in [0, 0.05) is 26.7 Å². The van der Waals surface area contributed by atoms with Gasteiger partial charge in [0.15, 0.2) is 0 Å². The Kier molecular flexibility index (Phi) is 5.79. The molecule has 2 N–H and O–H groups in total. The molecule has 0 radical (unpaired) electrons. The largest absolute Gasteiger partial charge is 0.444 e. The summed E-state index contributed by atoms with van der Waals surface area (Å²) in [6.07, 6.45) is 0.979. The van der Waals surface area contributed by atoms with Crippen LogP contribution in [-0.4, -0.2) is 61.0 Å². The predicted octanol–water partition coefficient (Wildman–Crippen LogP) is 0.890. The molecule has 9 heteroatoms. The first kappa shape index (κ1) is 18.2. The van der Waals surface area contributed by atoms with Crippen molar-refractivity contribution in [1.29, 1.82) is 0 Å². The third-order valence-electron chi connectivity index (χ3n) is 3.25. The Bertz CT molecular complexity index is 581. The highest BCUT2D eigenvalue weighted by Crippen LogP contribution is 2.19. The number of carbonyl (C=O) groups excluding carboxylic acids is 2. The number of amides is 2. The average molecular weight is 340 g/mol.